The molecular weight excluding hydrogens is 226 g/mol. The van der Waals surface area contributed by atoms with Crippen LogP contribution in [0.3, 0.4) is 0 Å². The minimum atomic E-state index is -0.845. The summed E-state index contributed by atoms with van der Waals surface area (Å²) in [4.78, 5) is 27.3. The monoisotopic (exact) mass is 245 g/mol. The highest BCUT2D eigenvalue weighted by atomic mass is 16.8. The number of rotatable bonds is 2. The van der Waals surface area contributed by atoms with Crippen LogP contribution in [0.5, 0.6) is 0 Å². The number of hydrogen-bond donors (Lipinski definition) is 0. The van der Waals surface area contributed by atoms with Crippen molar-refractivity contribution in [2.75, 3.05) is 6.61 Å². The Morgan fingerprint density at radius 1 is 1.47 bits per heavy atom. The molecule has 0 saturated carbocycles. The van der Waals surface area contributed by atoms with Crippen LogP contribution in [-0.4, -0.2) is 41.5 Å². The summed E-state index contributed by atoms with van der Waals surface area (Å²) in [6.07, 6.45) is -0.165. The number of hydrogen-bond acceptors (Lipinski definition) is 6. The van der Waals surface area contributed by atoms with Crippen molar-refractivity contribution in [2.24, 2.45) is 0 Å². The molecule has 17 heavy (non-hydrogen) atoms. The fourth-order valence-electron chi connectivity index (χ4n) is 1.44. The molecule has 0 N–H and O–H groups in total. The highest BCUT2D eigenvalue weighted by Gasteiger charge is 2.44. The van der Waals surface area contributed by atoms with E-state index in [4.69, 9.17) is 14.3 Å². The van der Waals surface area contributed by atoms with Gasteiger partial charge < -0.3 is 19.1 Å². The van der Waals surface area contributed by atoms with Crippen LogP contribution in [0.25, 0.3) is 0 Å². The first kappa shape index (κ1) is 13.9. The van der Waals surface area contributed by atoms with Crippen LogP contribution in [0.1, 0.15) is 34.6 Å². The SMILES string of the molecule is CC(C)(C)OC(=O)ON1[C@H](C=O)COC1(C)C. The van der Waals surface area contributed by atoms with Crippen LogP contribution < -0.4 is 0 Å². The van der Waals surface area contributed by atoms with Gasteiger partial charge in [-0.1, -0.05) is 5.06 Å². The Morgan fingerprint density at radius 2 is 2.06 bits per heavy atom. The third-order valence-corrected chi connectivity index (χ3v) is 2.16. The van der Waals surface area contributed by atoms with Gasteiger partial charge in [0.2, 0.25) is 0 Å². The second-order valence-electron chi connectivity index (χ2n) is 5.34. The maximum Gasteiger partial charge on any atom is 0.528 e. The van der Waals surface area contributed by atoms with E-state index < -0.39 is 23.5 Å². The third kappa shape index (κ3) is 3.67. The maximum absolute atomic E-state index is 11.5. The quantitative estimate of drug-likeness (QED) is 0.542. The highest BCUT2D eigenvalue weighted by Crippen LogP contribution is 2.27. The Morgan fingerprint density at radius 3 is 2.53 bits per heavy atom. The van der Waals surface area contributed by atoms with Gasteiger partial charge in [-0.25, -0.2) is 4.79 Å². The van der Waals surface area contributed by atoms with Crippen molar-refractivity contribution >= 4 is 12.4 Å². The van der Waals surface area contributed by atoms with Crippen LogP contribution >= 0.6 is 0 Å². The number of carbonyl (C=O) groups is 2. The maximum atomic E-state index is 11.5. The molecule has 0 bridgehead atoms. The molecule has 1 fully saturated rings. The number of aldehydes is 1. The number of carbonyl (C=O) groups excluding carboxylic acids is 2. The van der Waals surface area contributed by atoms with Crippen molar-refractivity contribution in [3.05, 3.63) is 0 Å². The predicted molar refractivity (Wildman–Crippen MR) is 59.0 cm³/mol. The van der Waals surface area contributed by atoms with Gasteiger partial charge in [-0.15, -0.1) is 0 Å². The minimum Gasteiger partial charge on any atom is -0.427 e. The van der Waals surface area contributed by atoms with Gasteiger partial charge in [-0.3, -0.25) is 0 Å². The lowest BCUT2D eigenvalue weighted by atomic mass is 10.2. The van der Waals surface area contributed by atoms with Gasteiger partial charge in [-0.05, 0) is 34.6 Å². The van der Waals surface area contributed by atoms with Gasteiger partial charge >= 0.3 is 6.16 Å². The molecule has 0 spiro atoms. The molecule has 1 aliphatic heterocycles. The zero-order valence-electron chi connectivity index (χ0n) is 10.9. The van der Waals surface area contributed by atoms with Gasteiger partial charge in [0, 0.05) is 0 Å². The van der Waals surface area contributed by atoms with E-state index in [0.29, 0.717) is 6.29 Å². The number of ether oxygens (including phenoxy) is 2. The fraction of sp³-hybridized carbons (Fsp3) is 0.818. The Balaban J connectivity index is 2.65. The standard InChI is InChI=1S/C11H19NO5/c1-10(2,3)16-9(14)17-12-8(6-13)7-15-11(12,4)5/h6,8H,7H2,1-5H3/t8-/m1/s1. The smallest absolute Gasteiger partial charge is 0.427 e. The van der Waals surface area contributed by atoms with Gasteiger partial charge in [0.1, 0.15) is 23.7 Å². The summed E-state index contributed by atoms with van der Waals surface area (Å²) in [5, 5.41) is 1.22. The second-order valence-corrected chi connectivity index (χ2v) is 5.34. The van der Waals surface area contributed by atoms with Crippen molar-refractivity contribution in [3.8, 4) is 0 Å². The summed E-state index contributed by atoms with van der Waals surface area (Å²) >= 11 is 0. The molecule has 0 unspecified atom stereocenters. The minimum absolute atomic E-state index is 0.194. The fourth-order valence-corrected chi connectivity index (χ4v) is 1.44. The van der Waals surface area contributed by atoms with Crippen LogP contribution in [0.4, 0.5) is 4.79 Å². The van der Waals surface area contributed by atoms with Gasteiger partial charge in [0.05, 0.1) is 6.61 Å². The molecule has 1 saturated heterocycles. The lowest BCUT2D eigenvalue weighted by Gasteiger charge is -2.30. The molecule has 1 atom stereocenters. The average Bonchev–Trinajstić information content (AvgIpc) is 2.39. The molecule has 1 rings (SSSR count). The van der Waals surface area contributed by atoms with Crippen molar-refractivity contribution in [2.45, 2.75) is 52.0 Å². The largest absolute Gasteiger partial charge is 0.528 e. The Kier molecular flexibility index (Phi) is 3.78. The van der Waals surface area contributed by atoms with Crippen LogP contribution in [-0.2, 0) is 19.1 Å². The van der Waals surface area contributed by atoms with E-state index in [1.807, 2.05) is 0 Å². The van der Waals surface area contributed by atoms with Crippen molar-refractivity contribution in [3.63, 3.8) is 0 Å². The summed E-state index contributed by atoms with van der Waals surface area (Å²) in [7, 11) is 0. The van der Waals surface area contributed by atoms with Crippen LogP contribution in [0, 0.1) is 0 Å². The van der Waals surface area contributed by atoms with Crippen molar-refractivity contribution < 1.29 is 23.9 Å². The lowest BCUT2D eigenvalue weighted by molar-refractivity contribution is -0.231. The number of nitrogens with zero attached hydrogens (tertiary/aromatic N) is 1. The zero-order valence-corrected chi connectivity index (χ0v) is 10.9. The molecule has 98 valence electrons. The molecule has 0 aromatic carbocycles. The summed E-state index contributed by atoms with van der Waals surface area (Å²) in [5.41, 5.74) is -1.47. The molecule has 1 aliphatic rings. The molecule has 6 nitrogen and oxygen atoms in total. The first-order chi connectivity index (χ1) is 7.65. The molecule has 0 amide bonds. The molecule has 0 aliphatic carbocycles. The molecule has 0 aromatic rings. The van der Waals surface area contributed by atoms with Gasteiger partial charge in [0.25, 0.3) is 0 Å². The first-order valence-corrected chi connectivity index (χ1v) is 5.45. The zero-order chi connectivity index (χ0) is 13.3. The molecule has 0 aromatic heterocycles. The van der Waals surface area contributed by atoms with E-state index in [0.717, 1.165) is 0 Å². The Labute approximate surface area is 101 Å². The summed E-state index contributed by atoms with van der Waals surface area (Å²) in [6, 6.07) is -0.600. The molecule has 0 radical (unpaired) electrons. The van der Waals surface area contributed by atoms with E-state index in [1.165, 1.54) is 5.06 Å². The summed E-state index contributed by atoms with van der Waals surface area (Å²) < 4.78 is 10.4. The molecule has 1 heterocycles. The predicted octanol–water partition coefficient (Wildman–Crippen LogP) is 1.49. The van der Waals surface area contributed by atoms with Crippen molar-refractivity contribution in [1.29, 1.82) is 0 Å². The van der Waals surface area contributed by atoms with Crippen LogP contribution in [0.15, 0.2) is 0 Å². The van der Waals surface area contributed by atoms with E-state index >= 15 is 0 Å². The normalized spacial score (nSPS) is 24.4. The number of hydroxylamine groups is 2. The lowest BCUT2D eigenvalue weighted by Crippen LogP contribution is -2.46. The summed E-state index contributed by atoms with van der Waals surface area (Å²) in [6.45, 7) is 8.81. The second kappa shape index (κ2) is 4.62. The van der Waals surface area contributed by atoms with E-state index in [9.17, 15) is 9.59 Å². The molecular formula is C11H19NO5. The molecule has 6 heteroatoms. The van der Waals surface area contributed by atoms with Crippen molar-refractivity contribution in [1.82, 2.24) is 5.06 Å². The topological polar surface area (TPSA) is 65.1 Å². The van der Waals surface area contributed by atoms with Gasteiger partial charge in [0.15, 0.2) is 0 Å². The summed E-state index contributed by atoms with van der Waals surface area (Å²) in [5.74, 6) is 0. The van der Waals surface area contributed by atoms with Crippen LogP contribution in [0.2, 0.25) is 0 Å². The van der Waals surface area contributed by atoms with E-state index in [2.05, 4.69) is 0 Å². The Hall–Kier alpha value is -1.14. The van der Waals surface area contributed by atoms with E-state index in [1.54, 1.807) is 34.6 Å². The van der Waals surface area contributed by atoms with E-state index in [-0.39, 0.29) is 6.61 Å². The Bertz CT molecular complexity index is 307. The highest BCUT2D eigenvalue weighted by molar-refractivity contribution is 5.62. The third-order valence-electron chi connectivity index (χ3n) is 2.16. The average molecular weight is 245 g/mol. The van der Waals surface area contributed by atoms with Gasteiger partial charge in [-0.2, -0.15) is 0 Å². The first-order valence-electron chi connectivity index (χ1n) is 5.45.